The van der Waals surface area contributed by atoms with E-state index >= 15 is 0 Å². The summed E-state index contributed by atoms with van der Waals surface area (Å²) in [5.74, 6) is -1.71. The van der Waals surface area contributed by atoms with E-state index in [0.717, 1.165) is 19.0 Å². The highest BCUT2D eigenvalue weighted by atomic mass is 79.9. The fourth-order valence-corrected chi connectivity index (χ4v) is 2.22. The molecule has 0 bridgehead atoms. The van der Waals surface area contributed by atoms with E-state index in [0.29, 0.717) is 18.8 Å². The van der Waals surface area contributed by atoms with Gasteiger partial charge in [0.05, 0.1) is 17.1 Å². The molecule has 0 heterocycles. The second-order valence-corrected chi connectivity index (χ2v) is 4.72. The molecule has 0 saturated heterocycles. The van der Waals surface area contributed by atoms with Gasteiger partial charge in [-0.1, -0.05) is 13.0 Å². The number of benzene rings is 1. The van der Waals surface area contributed by atoms with Crippen molar-refractivity contribution in [2.45, 2.75) is 26.3 Å². The van der Waals surface area contributed by atoms with Crippen LogP contribution in [0, 0.1) is 11.6 Å². The molecule has 1 N–H and O–H groups in total. The van der Waals surface area contributed by atoms with Gasteiger partial charge in [0.25, 0.3) is 0 Å². The Hall–Kier alpha value is -0.520. The van der Waals surface area contributed by atoms with Crippen LogP contribution in [-0.4, -0.2) is 19.8 Å². The van der Waals surface area contributed by atoms with E-state index in [-0.39, 0.29) is 10.5 Å². The highest BCUT2D eigenvalue weighted by Crippen LogP contribution is 2.28. The van der Waals surface area contributed by atoms with Gasteiger partial charge in [0, 0.05) is 6.61 Å². The maximum atomic E-state index is 13.5. The lowest BCUT2D eigenvalue weighted by atomic mass is 10.1. The molecule has 1 rings (SSSR count). The molecule has 18 heavy (non-hydrogen) atoms. The number of ether oxygens (including phenoxy) is 1. The van der Waals surface area contributed by atoms with Gasteiger partial charge >= 0.3 is 0 Å². The van der Waals surface area contributed by atoms with E-state index in [1.807, 2.05) is 13.8 Å². The van der Waals surface area contributed by atoms with Gasteiger partial charge in [-0.2, -0.15) is 0 Å². The van der Waals surface area contributed by atoms with Crippen LogP contribution in [-0.2, 0) is 4.74 Å². The summed E-state index contributed by atoms with van der Waals surface area (Å²) < 4.78 is 32.1. The second-order valence-electron chi connectivity index (χ2n) is 3.93. The molecular formula is C13H18BrF2NO. The highest BCUT2D eigenvalue weighted by molar-refractivity contribution is 9.10. The van der Waals surface area contributed by atoms with Gasteiger partial charge in [0.1, 0.15) is 0 Å². The Kier molecular flexibility index (Phi) is 6.75. The van der Waals surface area contributed by atoms with Crippen LogP contribution in [0.5, 0.6) is 0 Å². The van der Waals surface area contributed by atoms with Crippen molar-refractivity contribution in [2.24, 2.45) is 0 Å². The molecule has 0 aliphatic rings. The normalized spacial score (nSPS) is 12.7. The van der Waals surface area contributed by atoms with Gasteiger partial charge in [-0.15, -0.1) is 0 Å². The molecule has 0 spiro atoms. The van der Waals surface area contributed by atoms with Crippen molar-refractivity contribution in [1.29, 1.82) is 0 Å². The highest BCUT2D eigenvalue weighted by Gasteiger charge is 2.18. The van der Waals surface area contributed by atoms with E-state index in [2.05, 4.69) is 21.2 Å². The van der Waals surface area contributed by atoms with Gasteiger partial charge in [0.2, 0.25) is 0 Å². The van der Waals surface area contributed by atoms with Gasteiger partial charge in [0.15, 0.2) is 11.6 Å². The maximum Gasteiger partial charge on any atom is 0.173 e. The molecule has 1 unspecified atom stereocenters. The number of rotatable bonds is 7. The smallest absolute Gasteiger partial charge is 0.173 e. The Morgan fingerprint density at radius 3 is 2.67 bits per heavy atom. The first kappa shape index (κ1) is 15.5. The van der Waals surface area contributed by atoms with E-state index in [1.54, 1.807) is 6.07 Å². The molecule has 0 radical (unpaired) electrons. The lowest BCUT2D eigenvalue weighted by molar-refractivity contribution is 0.122. The molecule has 0 aromatic heterocycles. The SMILES string of the molecule is CCCNC(COCC)c1ccc(F)c(F)c1Br. The summed E-state index contributed by atoms with van der Waals surface area (Å²) in [6.07, 6.45) is 0.962. The fourth-order valence-electron chi connectivity index (χ4n) is 1.62. The van der Waals surface area contributed by atoms with Crippen LogP contribution in [0.1, 0.15) is 31.9 Å². The Bertz CT molecular complexity index is 379. The zero-order valence-corrected chi connectivity index (χ0v) is 12.2. The van der Waals surface area contributed by atoms with E-state index in [1.165, 1.54) is 0 Å². The monoisotopic (exact) mass is 321 g/mol. The quantitative estimate of drug-likeness (QED) is 0.771. The third kappa shape index (κ3) is 4.00. The average Bonchev–Trinajstić information content (AvgIpc) is 2.37. The average molecular weight is 322 g/mol. The van der Waals surface area contributed by atoms with E-state index in [4.69, 9.17) is 4.74 Å². The summed E-state index contributed by atoms with van der Waals surface area (Å²) in [7, 11) is 0. The molecule has 0 aliphatic carbocycles. The lowest BCUT2D eigenvalue weighted by Crippen LogP contribution is -2.27. The van der Waals surface area contributed by atoms with Gasteiger partial charge in [-0.25, -0.2) is 8.78 Å². The number of halogens is 3. The number of hydrogen-bond acceptors (Lipinski definition) is 2. The summed E-state index contributed by atoms with van der Waals surface area (Å²) in [5, 5.41) is 3.26. The molecule has 1 aromatic rings. The minimum absolute atomic E-state index is 0.144. The van der Waals surface area contributed by atoms with Crippen molar-refractivity contribution in [3.05, 3.63) is 33.8 Å². The van der Waals surface area contributed by atoms with E-state index in [9.17, 15) is 8.78 Å². The van der Waals surface area contributed by atoms with Crippen LogP contribution in [0.2, 0.25) is 0 Å². The van der Waals surface area contributed by atoms with Crippen molar-refractivity contribution >= 4 is 15.9 Å². The molecule has 102 valence electrons. The summed E-state index contributed by atoms with van der Waals surface area (Å²) >= 11 is 3.10. The molecule has 0 saturated carbocycles. The van der Waals surface area contributed by atoms with Crippen molar-refractivity contribution in [2.75, 3.05) is 19.8 Å². The van der Waals surface area contributed by atoms with Gasteiger partial charge < -0.3 is 10.1 Å². The Morgan fingerprint density at radius 1 is 1.33 bits per heavy atom. The fraction of sp³-hybridized carbons (Fsp3) is 0.538. The van der Waals surface area contributed by atoms with Crippen molar-refractivity contribution in [3.8, 4) is 0 Å². The van der Waals surface area contributed by atoms with Crippen LogP contribution in [0.15, 0.2) is 16.6 Å². The van der Waals surface area contributed by atoms with Crippen molar-refractivity contribution < 1.29 is 13.5 Å². The van der Waals surface area contributed by atoms with Gasteiger partial charge in [-0.05, 0) is 47.4 Å². The lowest BCUT2D eigenvalue weighted by Gasteiger charge is -2.20. The first-order valence-corrected chi connectivity index (χ1v) is 6.85. The zero-order valence-electron chi connectivity index (χ0n) is 10.6. The Balaban J connectivity index is 2.93. The van der Waals surface area contributed by atoms with Crippen molar-refractivity contribution in [3.63, 3.8) is 0 Å². The number of hydrogen-bond donors (Lipinski definition) is 1. The van der Waals surface area contributed by atoms with Crippen molar-refractivity contribution in [1.82, 2.24) is 5.32 Å². The topological polar surface area (TPSA) is 21.3 Å². The first-order chi connectivity index (χ1) is 8.61. The van der Waals surface area contributed by atoms with Gasteiger partial charge in [-0.3, -0.25) is 0 Å². The molecule has 5 heteroatoms. The zero-order chi connectivity index (χ0) is 13.5. The molecule has 0 amide bonds. The van der Waals surface area contributed by atoms with Crippen LogP contribution >= 0.6 is 15.9 Å². The predicted molar refractivity (Wildman–Crippen MR) is 71.6 cm³/mol. The third-order valence-corrected chi connectivity index (χ3v) is 3.38. The van der Waals surface area contributed by atoms with Crippen LogP contribution in [0.3, 0.4) is 0 Å². The third-order valence-electron chi connectivity index (χ3n) is 2.57. The predicted octanol–water partition coefficient (Wildman–Crippen LogP) is 3.80. The summed E-state index contributed by atoms with van der Waals surface area (Å²) in [6, 6.07) is 2.57. The molecule has 0 aliphatic heterocycles. The number of nitrogens with one attached hydrogen (secondary N) is 1. The van der Waals surface area contributed by atoms with Crippen LogP contribution in [0.4, 0.5) is 8.78 Å². The largest absolute Gasteiger partial charge is 0.380 e. The maximum absolute atomic E-state index is 13.5. The van der Waals surface area contributed by atoms with Crippen LogP contribution in [0.25, 0.3) is 0 Å². The Morgan fingerprint density at radius 2 is 2.06 bits per heavy atom. The second kappa shape index (κ2) is 7.81. The van der Waals surface area contributed by atoms with Crippen LogP contribution < -0.4 is 5.32 Å². The summed E-state index contributed by atoms with van der Waals surface area (Å²) in [5.41, 5.74) is 0.677. The standard InChI is InChI=1S/C13H18BrF2NO/c1-3-7-17-11(8-18-4-2)9-5-6-10(15)13(16)12(9)14/h5-6,11,17H,3-4,7-8H2,1-2H3. The molecule has 1 aromatic carbocycles. The molecule has 1 atom stereocenters. The molecule has 2 nitrogen and oxygen atoms in total. The van der Waals surface area contributed by atoms with E-state index < -0.39 is 11.6 Å². The molecular weight excluding hydrogens is 304 g/mol. The Labute approximate surface area is 115 Å². The minimum atomic E-state index is -0.854. The minimum Gasteiger partial charge on any atom is -0.380 e. The summed E-state index contributed by atoms with van der Waals surface area (Å²) in [6.45, 7) is 5.76. The summed E-state index contributed by atoms with van der Waals surface area (Å²) in [4.78, 5) is 0. The molecule has 0 fully saturated rings. The first-order valence-electron chi connectivity index (χ1n) is 6.06.